The van der Waals surface area contributed by atoms with Crippen molar-refractivity contribution in [3.8, 4) is 0 Å². The number of aliphatic hydroxyl groups is 1. The van der Waals surface area contributed by atoms with Gasteiger partial charge in [0.25, 0.3) is 0 Å². The average molecular weight is 314 g/mol. The Balaban J connectivity index is 3.32. The molecule has 0 amide bonds. The van der Waals surface area contributed by atoms with Gasteiger partial charge in [-0.2, -0.15) is 0 Å². The highest BCUT2D eigenvalue weighted by molar-refractivity contribution is 7.89. The van der Waals surface area contributed by atoms with Crippen LogP contribution in [0.25, 0.3) is 0 Å². The van der Waals surface area contributed by atoms with Crippen LogP contribution in [0.2, 0.25) is 0 Å². The van der Waals surface area contributed by atoms with Gasteiger partial charge in [0.1, 0.15) is 4.90 Å². The second-order valence-corrected chi connectivity index (χ2v) is 6.59. The maximum Gasteiger partial charge on any atom is 0.242 e. The number of sulfonamides is 1. The van der Waals surface area contributed by atoms with Crippen molar-refractivity contribution in [3.05, 3.63) is 24.3 Å². The fraction of sp³-hybridized carbons (Fsp3) is 0.600. The van der Waals surface area contributed by atoms with Crippen molar-refractivity contribution in [1.29, 1.82) is 0 Å². The molecule has 0 saturated carbocycles. The molecule has 1 aromatic rings. The SMILES string of the molecule is CCNS(=O)(=O)c1ccccc1N(CCO)C(CC)CC. The lowest BCUT2D eigenvalue weighted by atomic mass is 10.1. The number of rotatable bonds is 9. The highest BCUT2D eigenvalue weighted by atomic mass is 32.2. The van der Waals surface area contributed by atoms with Gasteiger partial charge in [0.05, 0.1) is 12.3 Å². The van der Waals surface area contributed by atoms with Crippen molar-refractivity contribution >= 4 is 15.7 Å². The molecule has 0 heterocycles. The minimum absolute atomic E-state index is 0.00785. The maximum atomic E-state index is 12.4. The maximum absolute atomic E-state index is 12.4. The van der Waals surface area contributed by atoms with Gasteiger partial charge in [-0.3, -0.25) is 0 Å². The van der Waals surface area contributed by atoms with Crippen LogP contribution in [0.5, 0.6) is 0 Å². The summed E-state index contributed by atoms with van der Waals surface area (Å²) in [6.07, 6.45) is 1.79. The van der Waals surface area contributed by atoms with E-state index in [1.165, 1.54) is 0 Å². The van der Waals surface area contributed by atoms with Crippen molar-refractivity contribution in [2.45, 2.75) is 44.6 Å². The molecule has 0 unspecified atom stereocenters. The fourth-order valence-electron chi connectivity index (χ4n) is 2.53. The average Bonchev–Trinajstić information content (AvgIpc) is 2.47. The van der Waals surface area contributed by atoms with E-state index < -0.39 is 10.0 Å². The normalized spacial score (nSPS) is 11.9. The zero-order chi connectivity index (χ0) is 15.9. The van der Waals surface area contributed by atoms with Crippen molar-refractivity contribution < 1.29 is 13.5 Å². The van der Waals surface area contributed by atoms with E-state index in [1.54, 1.807) is 25.1 Å². The molecule has 0 aromatic heterocycles. The van der Waals surface area contributed by atoms with Crippen LogP contribution in [-0.4, -0.2) is 39.3 Å². The molecule has 0 spiro atoms. The molecule has 120 valence electrons. The number of para-hydroxylation sites is 1. The van der Waals surface area contributed by atoms with Crippen LogP contribution < -0.4 is 9.62 Å². The monoisotopic (exact) mass is 314 g/mol. The van der Waals surface area contributed by atoms with Gasteiger partial charge in [-0.1, -0.05) is 32.9 Å². The number of anilines is 1. The zero-order valence-corrected chi connectivity index (χ0v) is 13.9. The highest BCUT2D eigenvalue weighted by Crippen LogP contribution is 2.28. The quantitative estimate of drug-likeness (QED) is 0.731. The molecule has 1 aromatic carbocycles. The molecular formula is C15H26N2O3S. The first-order chi connectivity index (χ1) is 10.0. The molecule has 0 aliphatic carbocycles. The van der Waals surface area contributed by atoms with Crippen molar-refractivity contribution in [2.24, 2.45) is 0 Å². The Morgan fingerprint density at radius 3 is 2.33 bits per heavy atom. The molecule has 0 saturated heterocycles. The predicted octanol–water partition coefficient (Wildman–Crippen LogP) is 1.97. The summed E-state index contributed by atoms with van der Waals surface area (Å²) < 4.78 is 27.3. The van der Waals surface area contributed by atoms with Crippen LogP contribution in [0.1, 0.15) is 33.6 Å². The first-order valence-corrected chi connectivity index (χ1v) is 8.96. The van der Waals surface area contributed by atoms with Crippen LogP contribution in [0.4, 0.5) is 5.69 Å². The lowest BCUT2D eigenvalue weighted by Crippen LogP contribution is -2.38. The van der Waals surface area contributed by atoms with Crippen LogP contribution in [0, 0.1) is 0 Å². The van der Waals surface area contributed by atoms with Crippen LogP contribution in [-0.2, 0) is 10.0 Å². The zero-order valence-electron chi connectivity index (χ0n) is 13.0. The summed E-state index contributed by atoms with van der Waals surface area (Å²) in [4.78, 5) is 2.26. The Morgan fingerprint density at radius 2 is 1.81 bits per heavy atom. The third-order valence-electron chi connectivity index (χ3n) is 3.52. The van der Waals surface area contributed by atoms with Gasteiger partial charge < -0.3 is 10.0 Å². The van der Waals surface area contributed by atoms with Gasteiger partial charge in [0, 0.05) is 19.1 Å². The van der Waals surface area contributed by atoms with Crippen LogP contribution >= 0.6 is 0 Å². The van der Waals surface area contributed by atoms with E-state index in [1.807, 2.05) is 11.0 Å². The lowest BCUT2D eigenvalue weighted by Gasteiger charge is -2.33. The summed E-state index contributed by atoms with van der Waals surface area (Å²) in [5.74, 6) is 0. The fourth-order valence-corrected chi connectivity index (χ4v) is 3.78. The summed E-state index contributed by atoms with van der Waals surface area (Å²) >= 11 is 0. The number of hydrogen-bond donors (Lipinski definition) is 2. The van der Waals surface area contributed by atoms with E-state index in [4.69, 9.17) is 0 Å². The minimum Gasteiger partial charge on any atom is -0.395 e. The van der Waals surface area contributed by atoms with Gasteiger partial charge in [0.2, 0.25) is 10.0 Å². The Hall–Kier alpha value is -1.11. The van der Waals surface area contributed by atoms with E-state index in [0.29, 0.717) is 18.8 Å². The Kier molecular flexibility index (Phi) is 7.14. The Morgan fingerprint density at radius 1 is 1.19 bits per heavy atom. The smallest absolute Gasteiger partial charge is 0.242 e. The first-order valence-electron chi connectivity index (χ1n) is 7.47. The second kappa shape index (κ2) is 8.36. The number of aliphatic hydroxyl groups excluding tert-OH is 1. The molecule has 0 fully saturated rings. The molecule has 0 atom stereocenters. The largest absolute Gasteiger partial charge is 0.395 e. The molecule has 6 heteroatoms. The molecule has 1 rings (SSSR count). The Labute approximate surface area is 128 Å². The third kappa shape index (κ3) is 4.43. The van der Waals surface area contributed by atoms with Crippen LogP contribution in [0.15, 0.2) is 29.2 Å². The van der Waals surface area contributed by atoms with E-state index in [-0.39, 0.29) is 17.5 Å². The number of hydrogen-bond acceptors (Lipinski definition) is 4. The Bertz CT molecular complexity index is 527. The second-order valence-electron chi connectivity index (χ2n) is 4.86. The van der Waals surface area contributed by atoms with Crippen molar-refractivity contribution in [1.82, 2.24) is 4.72 Å². The van der Waals surface area contributed by atoms with Gasteiger partial charge in [-0.25, -0.2) is 13.1 Å². The summed E-state index contributed by atoms with van der Waals surface area (Å²) in [7, 11) is -3.53. The van der Waals surface area contributed by atoms with Gasteiger partial charge >= 0.3 is 0 Å². The van der Waals surface area contributed by atoms with Gasteiger partial charge in [0.15, 0.2) is 0 Å². The van der Waals surface area contributed by atoms with Crippen molar-refractivity contribution in [2.75, 3.05) is 24.6 Å². The van der Waals surface area contributed by atoms with Gasteiger partial charge in [-0.15, -0.1) is 0 Å². The summed E-state index contributed by atoms with van der Waals surface area (Å²) in [6.45, 7) is 6.66. The molecule has 0 bridgehead atoms. The van der Waals surface area contributed by atoms with Crippen molar-refractivity contribution in [3.63, 3.8) is 0 Å². The van der Waals surface area contributed by atoms with E-state index in [0.717, 1.165) is 12.8 Å². The topological polar surface area (TPSA) is 69.6 Å². The molecule has 21 heavy (non-hydrogen) atoms. The van der Waals surface area contributed by atoms with E-state index >= 15 is 0 Å². The van der Waals surface area contributed by atoms with Crippen LogP contribution in [0.3, 0.4) is 0 Å². The highest BCUT2D eigenvalue weighted by Gasteiger charge is 2.23. The summed E-state index contributed by atoms with van der Waals surface area (Å²) in [5, 5.41) is 9.33. The standard InChI is InChI=1S/C15H26N2O3S/c1-4-13(5-2)17(11-12-18)14-9-7-8-10-15(14)21(19,20)16-6-3/h7-10,13,16,18H,4-6,11-12H2,1-3H3. The summed E-state index contributed by atoms with van der Waals surface area (Å²) in [6, 6.07) is 7.17. The number of benzene rings is 1. The first kappa shape index (κ1) is 17.9. The molecule has 2 N–H and O–H groups in total. The molecule has 5 nitrogen and oxygen atoms in total. The molecule has 0 aliphatic rings. The van der Waals surface area contributed by atoms with E-state index in [9.17, 15) is 13.5 Å². The predicted molar refractivity (Wildman–Crippen MR) is 86.1 cm³/mol. The third-order valence-corrected chi connectivity index (χ3v) is 5.12. The minimum atomic E-state index is -3.53. The molecule has 0 aliphatic heterocycles. The lowest BCUT2D eigenvalue weighted by molar-refractivity contribution is 0.295. The number of nitrogens with one attached hydrogen (secondary N) is 1. The number of nitrogens with zero attached hydrogens (tertiary/aromatic N) is 1. The summed E-state index contributed by atoms with van der Waals surface area (Å²) in [5.41, 5.74) is 0.654. The van der Waals surface area contributed by atoms with E-state index in [2.05, 4.69) is 18.6 Å². The molecule has 0 radical (unpaired) electrons. The van der Waals surface area contributed by atoms with Gasteiger partial charge in [-0.05, 0) is 25.0 Å². The molecular weight excluding hydrogens is 288 g/mol.